The van der Waals surface area contributed by atoms with E-state index in [1.54, 1.807) is 0 Å². The number of likely N-dealkylation sites (N-methyl/N-ethyl adjacent to an activating group) is 1. The SMILES string of the molecule is CN(CC1CCN(c2ncccn2)CC1)C[C@H]1COc2ccccc2O1. The molecule has 138 valence electrons. The Labute approximate surface area is 154 Å². The first-order valence-corrected chi connectivity index (χ1v) is 9.37. The molecule has 6 heteroatoms. The third-order valence-corrected chi connectivity index (χ3v) is 5.10. The lowest BCUT2D eigenvalue weighted by molar-refractivity contribution is 0.0606. The van der Waals surface area contributed by atoms with E-state index in [0.717, 1.165) is 43.6 Å². The van der Waals surface area contributed by atoms with E-state index >= 15 is 0 Å². The van der Waals surface area contributed by atoms with E-state index in [9.17, 15) is 0 Å². The molecule has 1 saturated heterocycles. The Bertz CT molecular complexity index is 704. The Morgan fingerprint density at radius 1 is 1.04 bits per heavy atom. The van der Waals surface area contributed by atoms with E-state index in [1.807, 2.05) is 42.7 Å². The maximum absolute atomic E-state index is 6.08. The zero-order chi connectivity index (χ0) is 17.8. The summed E-state index contributed by atoms with van der Waals surface area (Å²) in [6.07, 6.45) is 6.06. The number of hydrogen-bond acceptors (Lipinski definition) is 6. The van der Waals surface area contributed by atoms with Gasteiger partial charge in [0.25, 0.3) is 0 Å². The van der Waals surface area contributed by atoms with Gasteiger partial charge in [-0.3, -0.25) is 0 Å². The van der Waals surface area contributed by atoms with Crippen LogP contribution in [0, 0.1) is 5.92 Å². The number of nitrogens with zero attached hydrogens (tertiary/aromatic N) is 4. The molecule has 26 heavy (non-hydrogen) atoms. The van der Waals surface area contributed by atoms with Crippen molar-refractivity contribution in [3.05, 3.63) is 42.7 Å². The predicted molar refractivity (Wildman–Crippen MR) is 101 cm³/mol. The Morgan fingerprint density at radius 3 is 2.54 bits per heavy atom. The van der Waals surface area contributed by atoms with Gasteiger partial charge in [-0.2, -0.15) is 0 Å². The van der Waals surface area contributed by atoms with Crippen LogP contribution in [0.1, 0.15) is 12.8 Å². The van der Waals surface area contributed by atoms with Crippen molar-refractivity contribution in [3.8, 4) is 11.5 Å². The molecule has 0 saturated carbocycles. The standard InChI is InChI=1S/C20H26N4O2/c1-23(14-17-15-25-18-5-2-3-6-19(18)26-17)13-16-7-11-24(12-8-16)20-21-9-4-10-22-20/h2-6,9-10,16-17H,7-8,11-15H2,1H3/t17-/m0/s1. The number of aromatic nitrogens is 2. The first-order valence-electron chi connectivity index (χ1n) is 9.37. The molecule has 2 aromatic rings. The van der Waals surface area contributed by atoms with Gasteiger partial charge in [0, 0.05) is 38.6 Å². The predicted octanol–water partition coefficient (Wildman–Crippen LogP) is 2.46. The Balaban J connectivity index is 1.23. The van der Waals surface area contributed by atoms with Crippen LogP contribution in [0.15, 0.2) is 42.7 Å². The molecule has 0 radical (unpaired) electrons. The molecule has 0 spiro atoms. The van der Waals surface area contributed by atoms with Gasteiger partial charge in [0.15, 0.2) is 11.5 Å². The van der Waals surface area contributed by atoms with Gasteiger partial charge in [-0.05, 0) is 44.0 Å². The molecule has 1 aromatic heterocycles. The lowest BCUT2D eigenvalue weighted by Crippen LogP contribution is -2.43. The highest BCUT2D eigenvalue weighted by Crippen LogP contribution is 2.31. The van der Waals surface area contributed by atoms with Crippen molar-refractivity contribution in [2.45, 2.75) is 18.9 Å². The first-order chi connectivity index (χ1) is 12.8. The van der Waals surface area contributed by atoms with Gasteiger partial charge in [-0.1, -0.05) is 12.1 Å². The van der Waals surface area contributed by atoms with Crippen molar-refractivity contribution in [3.63, 3.8) is 0 Å². The van der Waals surface area contributed by atoms with Gasteiger partial charge in [-0.25, -0.2) is 9.97 Å². The van der Waals surface area contributed by atoms with Gasteiger partial charge in [0.2, 0.25) is 5.95 Å². The highest BCUT2D eigenvalue weighted by atomic mass is 16.6. The topological polar surface area (TPSA) is 50.7 Å². The third kappa shape index (κ3) is 4.07. The molecule has 0 amide bonds. The van der Waals surface area contributed by atoms with Crippen LogP contribution < -0.4 is 14.4 Å². The van der Waals surface area contributed by atoms with Crippen LogP contribution in [0.2, 0.25) is 0 Å². The summed E-state index contributed by atoms with van der Waals surface area (Å²) < 4.78 is 11.9. The van der Waals surface area contributed by atoms with E-state index in [-0.39, 0.29) is 6.10 Å². The molecular weight excluding hydrogens is 328 g/mol. The third-order valence-electron chi connectivity index (χ3n) is 5.10. The highest BCUT2D eigenvalue weighted by molar-refractivity contribution is 5.40. The number of benzene rings is 1. The highest BCUT2D eigenvalue weighted by Gasteiger charge is 2.25. The molecule has 0 bridgehead atoms. The summed E-state index contributed by atoms with van der Waals surface area (Å²) in [6.45, 7) is 4.64. The van der Waals surface area contributed by atoms with Gasteiger partial charge in [0.1, 0.15) is 12.7 Å². The fourth-order valence-corrected chi connectivity index (χ4v) is 3.79. The maximum atomic E-state index is 6.08. The van der Waals surface area contributed by atoms with E-state index in [1.165, 1.54) is 12.8 Å². The van der Waals surface area contributed by atoms with Crippen LogP contribution in [-0.2, 0) is 0 Å². The summed E-state index contributed by atoms with van der Waals surface area (Å²) in [5.74, 6) is 3.26. The number of anilines is 1. The Hall–Kier alpha value is -2.34. The number of fused-ring (bicyclic) bond motifs is 1. The average molecular weight is 354 g/mol. The van der Waals surface area contributed by atoms with Crippen molar-refractivity contribution in [1.29, 1.82) is 0 Å². The molecule has 1 aromatic carbocycles. The summed E-state index contributed by atoms with van der Waals surface area (Å²) in [5, 5.41) is 0. The molecule has 4 rings (SSSR count). The van der Waals surface area contributed by atoms with Gasteiger partial charge >= 0.3 is 0 Å². The van der Waals surface area contributed by atoms with Crippen molar-refractivity contribution in [2.75, 3.05) is 44.7 Å². The summed E-state index contributed by atoms with van der Waals surface area (Å²) in [6, 6.07) is 9.75. The van der Waals surface area contributed by atoms with E-state index in [0.29, 0.717) is 12.5 Å². The van der Waals surface area contributed by atoms with E-state index < -0.39 is 0 Å². The summed E-state index contributed by atoms with van der Waals surface area (Å²) in [5.41, 5.74) is 0. The zero-order valence-corrected chi connectivity index (χ0v) is 15.3. The van der Waals surface area contributed by atoms with E-state index in [2.05, 4.69) is 26.8 Å². The lowest BCUT2D eigenvalue weighted by Gasteiger charge is -2.35. The largest absolute Gasteiger partial charge is 0.486 e. The first kappa shape index (κ1) is 17.1. The molecule has 6 nitrogen and oxygen atoms in total. The maximum Gasteiger partial charge on any atom is 0.225 e. The Morgan fingerprint density at radius 2 is 1.77 bits per heavy atom. The van der Waals surface area contributed by atoms with Gasteiger partial charge in [-0.15, -0.1) is 0 Å². The van der Waals surface area contributed by atoms with E-state index in [4.69, 9.17) is 9.47 Å². The second-order valence-electron chi connectivity index (χ2n) is 7.20. The fraction of sp³-hybridized carbons (Fsp3) is 0.500. The molecule has 0 unspecified atom stereocenters. The van der Waals surface area contributed by atoms with Crippen LogP contribution in [0.5, 0.6) is 11.5 Å². The minimum Gasteiger partial charge on any atom is -0.486 e. The zero-order valence-electron chi connectivity index (χ0n) is 15.3. The van der Waals surface area contributed by atoms with Crippen LogP contribution in [0.4, 0.5) is 5.95 Å². The minimum absolute atomic E-state index is 0.0905. The summed E-state index contributed by atoms with van der Waals surface area (Å²) in [7, 11) is 2.18. The normalized spacial score (nSPS) is 20.4. The van der Waals surface area contributed by atoms with Crippen LogP contribution in [0.25, 0.3) is 0 Å². The van der Waals surface area contributed by atoms with Gasteiger partial charge in [0.05, 0.1) is 0 Å². The van der Waals surface area contributed by atoms with Crippen molar-refractivity contribution >= 4 is 5.95 Å². The number of hydrogen-bond donors (Lipinski definition) is 0. The molecule has 2 aliphatic rings. The fourth-order valence-electron chi connectivity index (χ4n) is 3.79. The van der Waals surface area contributed by atoms with Crippen molar-refractivity contribution in [1.82, 2.24) is 14.9 Å². The van der Waals surface area contributed by atoms with Crippen molar-refractivity contribution < 1.29 is 9.47 Å². The molecule has 1 fully saturated rings. The lowest BCUT2D eigenvalue weighted by atomic mass is 9.96. The molecule has 0 N–H and O–H groups in total. The van der Waals surface area contributed by atoms with Crippen molar-refractivity contribution in [2.24, 2.45) is 5.92 Å². The Kier molecular flexibility index (Phi) is 5.20. The number of piperidine rings is 1. The number of para-hydroxylation sites is 2. The smallest absolute Gasteiger partial charge is 0.225 e. The monoisotopic (exact) mass is 354 g/mol. The average Bonchev–Trinajstić information content (AvgIpc) is 2.69. The second-order valence-corrected chi connectivity index (χ2v) is 7.20. The van der Waals surface area contributed by atoms with Crippen LogP contribution in [-0.4, -0.2) is 60.8 Å². The molecule has 1 atom stereocenters. The number of rotatable bonds is 5. The molecule has 0 aliphatic carbocycles. The summed E-state index contributed by atoms with van der Waals surface area (Å²) >= 11 is 0. The van der Waals surface area contributed by atoms with Crippen LogP contribution >= 0.6 is 0 Å². The van der Waals surface area contributed by atoms with Gasteiger partial charge < -0.3 is 19.3 Å². The van der Waals surface area contributed by atoms with Crippen LogP contribution in [0.3, 0.4) is 0 Å². The quantitative estimate of drug-likeness (QED) is 0.822. The molecule has 2 aliphatic heterocycles. The number of ether oxygens (including phenoxy) is 2. The summed E-state index contributed by atoms with van der Waals surface area (Å²) in [4.78, 5) is 13.4. The second kappa shape index (κ2) is 7.91. The molecular formula is C20H26N4O2. The minimum atomic E-state index is 0.0905. The molecule has 3 heterocycles.